The van der Waals surface area contributed by atoms with Gasteiger partial charge in [0.25, 0.3) is 0 Å². The second kappa shape index (κ2) is 2.16. The summed E-state index contributed by atoms with van der Waals surface area (Å²) >= 11 is 3.77. The Labute approximate surface area is 38.4 Å². The van der Waals surface area contributed by atoms with Crippen LogP contribution in [0, 0.1) is 0 Å². The molecule has 5 heavy (non-hydrogen) atoms. The van der Waals surface area contributed by atoms with Gasteiger partial charge < -0.3 is 0 Å². The van der Waals surface area contributed by atoms with Crippen molar-refractivity contribution in [3.8, 4) is 0 Å². The van der Waals surface area contributed by atoms with E-state index in [1.165, 1.54) is 0 Å². The van der Waals surface area contributed by atoms with E-state index in [1.807, 2.05) is 0 Å². The SMILES string of the molecule is C=C[C](=O)[Ni]. The molecule has 31 valence electrons. The van der Waals surface area contributed by atoms with Crippen LogP contribution in [0.4, 0.5) is 0 Å². The molecule has 0 saturated heterocycles. The molecule has 0 saturated carbocycles. The predicted octanol–water partition coefficient (Wildman–Crippen LogP) is 0.246. The van der Waals surface area contributed by atoms with Gasteiger partial charge in [-0.25, -0.2) is 0 Å². The molecule has 0 radical (unpaired) electrons. The van der Waals surface area contributed by atoms with E-state index < -0.39 is 0 Å². The van der Waals surface area contributed by atoms with Crippen molar-refractivity contribution >= 4 is 4.75 Å². The molecule has 0 fully saturated rings. The van der Waals surface area contributed by atoms with Crippen LogP contribution in [-0.2, 0) is 20.3 Å². The number of rotatable bonds is 1. The van der Waals surface area contributed by atoms with Gasteiger partial charge in [-0.3, -0.25) is 0 Å². The van der Waals surface area contributed by atoms with E-state index >= 15 is 0 Å². The first-order valence-corrected chi connectivity index (χ1v) is 1.55. The Bertz CT molecular complexity index is 57.9. The van der Waals surface area contributed by atoms with Gasteiger partial charge in [0, 0.05) is 0 Å². The van der Waals surface area contributed by atoms with Crippen molar-refractivity contribution in [2.45, 2.75) is 0 Å². The standard InChI is InChI=1S/C3H3O.Ni/c1-2-3-4;/h2H,1H2;. The van der Waals surface area contributed by atoms with Gasteiger partial charge in [0.1, 0.15) is 0 Å². The summed E-state index contributed by atoms with van der Waals surface area (Å²) < 4.78 is -0.356. The van der Waals surface area contributed by atoms with Gasteiger partial charge in [0.05, 0.1) is 0 Å². The average Bonchev–Trinajstić information content (AvgIpc) is 1.38. The van der Waals surface area contributed by atoms with Crippen molar-refractivity contribution in [3.05, 3.63) is 12.7 Å². The zero-order valence-electron chi connectivity index (χ0n) is 2.51. The normalized spacial score (nSPS) is 6.80. The van der Waals surface area contributed by atoms with Gasteiger partial charge in [0.15, 0.2) is 0 Å². The predicted molar refractivity (Wildman–Crippen MR) is 15.2 cm³/mol. The van der Waals surface area contributed by atoms with Crippen LogP contribution in [0.5, 0.6) is 0 Å². The molecule has 0 N–H and O–H groups in total. The Morgan fingerprint density at radius 2 is 2.20 bits per heavy atom. The molecule has 0 aliphatic heterocycles. The molecular weight excluding hydrogens is 111 g/mol. The molecule has 1 nitrogen and oxygen atoms in total. The van der Waals surface area contributed by atoms with Gasteiger partial charge in [-0.2, -0.15) is 0 Å². The summed E-state index contributed by atoms with van der Waals surface area (Å²) in [6.45, 7) is 3.12. The van der Waals surface area contributed by atoms with Gasteiger partial charge in [-0.1, -0.05) is 0 Å². The number of carbonyl (C=O) groups excluding carboxylic acids is 1. The molecule has 0 spiro atoms. The summed E-state index contributed by atoms with van der Waals surface area (Å²) in [6, 6.07) is 0. The number of hydrogen-bond donors (Lipinski definition) is 0. The first-order chi connectivity index (χ1) is 2.27. The van der Waals surface area contributed by atoms with Crippen molar-refractivity contribution in [3.63, 3.8) is 0 Å². The monoisotopic (exact) mass is 113 g/mol. The zero-order chi connectivity index (χ0) is 4.28. The molecule has 0 amide bonds. The van der Waals surface area contributed by atoms with E-state index in [1.54, 1.807) is 0 Å². The van der Waals surface area contributed by atoms with Gasteiger partial charge >= 0.3 is 37.7 Å². The van der Waals surface area contributed by atoms with Crippen LogP contribution < -0.4 is 0 Å². The second-order valence-electron chi connectivity index (χ2n) is 0.478. The molecule has 0 bridgehead atoms. The Morgan fingerprint density at radius 3 is 2.20 bits per heavy atom. The summed E-state index contributed by atoms with van der Waals surface area (Å²) in [5, 5.41) is 0. The average molecular weight is 114 g/mol. The molecule has 0 aromatic heterocycles. The van der Waals surface area contributed by atoms with Crippen LogP contribution >= 0.6 is 0 Å². The van der Waals surface area contributed by atoms with Crippen molar-refractivity contribution in [1.29, 1.82) is 0 Å². The Balaban J connectivity index is 3.20. The van der Waals surface area contributed by atoms with Gasteiger partial charge in [-0.15, -0.1) is 0 Å². The van der Waals surface area contributed by atoms with Gasteiger partial charge in [0.2, 0.25) is 0 Å². The molecule has 0 unspecified atom stereocenters. The molecule has 0 rings (SSSR count). The van der Waals surface area contributed by atoms with Gasteiger partial charge in [-0.05, 0) is 0 Å². The molecule has 0 aliphatic carbocycles. The van der Waals surface area contributed by atoms with Crippen LogP contribution in [0.3, 0.4) is 0 Å². The zero-order valence-corrected chi connectivity index (χ0v) is 3.50. The van der Waals surface area contributed by atoms with Crippen molar-refractivity contribution < 1.29 is 20.3 Å². The fourth-order valence-electron chi connectivity index (χ4n) is 0. The molecule has 2 heteroatoms. The fourth-order valence-corrected chi connectivity index (χ4v) is 0. The minimum atomic E-state index is -0.356. The fraction of sp³-hybridized carbons (Fsp3) is 0. The number of allylic oxidation sites excluding steroid dienone is 1. The summed E-state index contributed by atoms with van der Waals surface area (Å²) in [6.07, 6.45) is 1.11. The van der Waals surface area contributed by atoms with E-state index in [4.69, 9.17) is 0 Å². The van der Waals surface area contributed by atoms with E-state index in [9.17, 15) is 4.79 Å². The maximum absolute atomic E-state index is 9.53. The first-order valence-electron chi connectivity index (χ1n) is 1.06. The Hall–Kier alpha value is -0.0965. The van der Waals surface area contributed by atoms with Crippen LogP contribution in [-0.4, -0.2) is 4.75 Å². The molecule has 0 aromatic carbocycles. The molecular formula is C3H3NiO. The Morgan fingerprint density at radius 1 is 2.00 bits per heavy atom. The quantitative estimate of drug-likeness (QED) is 0.352. The summed E-state index contributed by atoms with van der Waals surface area (Å²) in [5.74, 6) is 0. The van der Waals surface area contributed by atoms with Crippen molar-refractivity contribution in [1.82, 2.24) is 0 Å². The van der Waals surface area contributed by atoms with Crippen LogP contribution in [0.1, 0.15) is 0 Å². The van der Waals surface area contributed by atoms with E-state index in [0.29, 0.717) is 0 Å². The van der Waals surface area contributed by atoms with Crippen LogP contribution in [0.15, 0.2) is 12.7 Å². The second-order valence-corrected chi connectivity index (χ2v) is 0.965. The maximum atomic E-state index is 9.53. The summed E-state index contributed by atoms with van der Waals surface area (Å²) in [5.41, 5.74) is 0. The third-order valence-electron chi connectivity index (χ3n) is 0.148. The number of carbonyl (C=O) groups is 1. The van der Waals surface area contributed by atoms with Crippen molar-refractivity contribution in [2.75, 3.05) is 0 Å². The topological polar surface area (TPSA) is 17.1 Å². The van der Waals surface area contributed by atoms with Crippen molar-refractivity contribution in [2.24, 2.45) is 0 Å². The summed E-state index contributed by atoms with van der Waals surface area (Å²) in [4.78, 5) is 9.53. The van der Waals surface area contributed by atoms with Crippen LogP contribution in [0.25, 0.3) is 0 Å². The first kappa shape index (κ1) is 4.90. The minimum absolute atomic E-state index is 0.356. The number of hydrogen-bond acceptors (Lipinski definition) is 1. The molecule has 0 aliphatic rings. The Kier molecular flexibility index (Phi) is 2.12. The van der Waals surface area contributed by atoms with E-state index in [0.717, 1.165) is 6.08 Å². The van der Waals surface area contributed by atoms with E-state index in [-0.39, 0.29) is 4.75 Å². The molecule has 0 atom stereocenters. The third kappa shape index (κ3) is 3.90. The molecule has 0 aromatic rings. The summed E-state index contributed by atoms with van der Waals surface area (Å²) in [7, 11) is 0. The van der Waals surface area contributed by atoms with E-state index in [2.05, 4.69) is 22.0 Å². The van der Waals surface area contributed by atoms with Crippen LogP contribution in [0.2, 0.25) is 0 Å². The molecule has 0 heterocycles. The third-order valence-corrected chi connectivity index (χ3v) is 0.349.